The fourth-order valence-corrected chi connectivity index (χ4v) is 3.68. The van der Waals surface area contributed by atoms with Gasteiger partial charge in [-0.2, -0.15) is 0 Å². The molecule has 1 aliphatic heterocycles. The fraction of sp³-hybridized carbons (Fsp3) is 0.615. The summed E-state index contributed by atoms with van der Waals surface area (Å²) in [5, 5.41) is 4.22. The highest BCUT2D eigenvalue weighted by atomic mass is 35.5. The Bertz CT molecular complexity index is 414. The van der Waals surface area contributed by atoms with Crippen LogP contribution in [0.25, 0.3) is 0 Å². The molecule has 0 atom stereocenters. The molecule has 106 valence electrons. The molecule has 1 aromatic heterocycles. The van der Waals surface area contributed by atoms with Gasteiger partial charge in [-0.1, -0.05) is 18.5 Å². The van der Waals surface area contributed by atoms with Crippen molar-refractivity contribution in [2.75, 3.05) is 32.7 Å². The Morgan fingerprint density at radius 3 is 2.79 bits per heavy atom. The second-order valence-corrected chi connectivity index (χ2v) is 7.04. The zero-order valence-corrected chi connectivity index (χ0v) is 13.6. The number of thiophene rings is 1. The molecule has 1 saturated heterocycles. The number of hydrogen-bond acceptors (Lipinski definition) is 2. The van der Waals surface area contributed by atoms with Crippen LogP contribution in [0.1, 0.15) is 18.2 Å². The molecule has 3 nitrogen and oxygen atoms in total. The molecule has 0 radical (unpaired) electrons. The molecule has 19 heavy (non-hydrogen) atoms. The van der Waals surface area contributed by atoms with Crippen molar-refractivity contribution in [1.29, 1.82) is 0 Å². The van der Waals surface area contributed by atoms with Gasteiger partial charge in [-0.05, 0) is 30.8 Å². The van der Waals surface area contributed by atoms with Crippen LogP contribution in [0, 0.1) is 0 Å². The number of thiocarbonyl (C=S) groups is 1. The first-order valence-electron chi connectivity index (χ1n) is 6.79. The van der Waals surface area contributed by atoms with E-state index in [2.05, 4.69) is 23.2 Å². The highest BCUT2D eigenvalue weighted by Crippen LogP contribution is 2.20. The molecular formula is C13H21ClN3S2+. The van der Waals surface area contributed by atoms with E-state index < -0.39 is 0 Å². The number of rotatable bonds is 4. The predicted octanol–water partition coefficient (Wildman–Crippen LogP) is 1.39. The lowest BCUT2D eigenvalue weighted by atomic mass is 10.3. The van der Waals surface area contributed by atoms with Crippen molar-refractivity contribution in [3.63, 3.8) is 0 Å². The van der Waals surface area contributed by atoms with Gasteiger partial charge in [-0.15, -0.1) is 11.3 Å². The third-order valence-electron chi connectivity index (χ3n) is 3.34. The SMILES string of the molecule is CCCNC(=S)N1CC[NH+](Cc2ccc(Cl)s2)CC1. The highest BCUT2D eigenvalue weighted by Gasteiger charge is 2.21. The maximum atomic E-state index is 5.97. The molecule has 0 aromatic carbocycles. The first kappa shape index (κ1) is 15.0. The van der Waals surface area contributed by atoms with E-state index in [-0.39, 0.29) is 0 Å². The first-order chi connectivity index (χ1) is 9.19. The summed E-state index contributed by atoms with van der Waals surface area (Å²) >= 11 is 13.1. The van der Waals surface area contributed by atoms with Crippen LogP contribution in [-0.2, 0) is 6.54 Å². The Hall–Kier alpha value is -0.360. The second kappa shape index (κ2) is 7.43. The van der Waals surface area contributed by atoms with Gasteiger partial charge in [0.25, 0.3) is 0 Å². The lowest BCUT2D eigenvalue weighted by Crippen LogP contribution is -3.13. The molecule has 6 heteroatoms. The van der Waals surface area contributed by atoms with Crippen LogP contribution in [0.5, 0.6) is 0 Å². The van der Waals surface area contributed by atoms with Gasteiger partial charge in [-0.3, -0.25) is 0 Å². The lowest BCUT2D eigenvalue weighted by Gasteiger charge is -2.33. The topological polar surface area (TPSA) is 19.7 Å². The summed E-state index contributed by atoms with van der Waals surface area (Å²) in [5.74, 6) is 0. The van der Waals surface area contributed by atoms with Crippen molar-refractivity contribution in [2.45, 2.75) is 19.9 Å². The van der Waals surface area contributed by atoms with E-state index in [1.165, 1.54) is 4.88 Å². The van der Waals surface area contributed by atoms with E-state index in [9.17, 15) is 0 Å². The van der Waals surface area contributed by atoms with E-state index in [0.717, 1.165) is 55.1 Å². The molecule has 0 amide bonds. The maximum absolute atomic E-state index is 5.97. The first-order valence-corrected chi connectivity index (χ1v) is 8.40. The van der Waals surface area contributed by atoms with Crippen molar-refractivity contribution in [1.82, 2.24) is 10.2 Å². The van der Waals surface area contributed by atoms with Gasteiger partial charge < -0.3 is 15.1 Å². The molecule has 1 aliphatic rings. The zero-order valence-electron chi connectivity index (χ0n) is 11.2. The van der Waals surface area contributed by atoms with Crippen LogP contribution in [0.2, 0.25) is 4.34 Å². The van der Waals surface area contributed by atoms with Crippen molar-refractivity contribution in [3.05, 3.63) is 21.3 Å². The zero-order chi connectivity index (χ0) is 13.7. The average molecular weight is 319 g/mol. The molecule has 2 heterocycles. The highest BCUT2D eigenvalue weighted by molar-refractivity contribution is 7.80. The van der Waals surface area contributed by atoms with Gasteiger partial charge in [-0.25, -0.2) is 0 Å². The molecule has 1 aromatic rings. The second-order valence-electron chi connectivity index (χ2n) is 4.85. The van der Waals surface area contributed by atoms with E-state index in [0.29, 0.717) is 0 Å². The smallest absolute Gasteiger partial charge is 0.169 e. The number of quaternary nitrogens is 1. The Labute approximate surface area is 129 Å². The van der Waals surface area contributed by atoms with Crippen LogP contribution >= 0.6 is 35.2 Å². The quantitative estimate of drug-likeness (QED) is 0.819. The monoisotopic (exact) mass is 318 g/mol. The summed E-state index contributed by atoms with van der Waals surface area (Å²) in [5.41, 5.74) is 0. The van der Waals surface area contributed by atoms with Gasteiger partial charge in [0.05, 0.1) is 35.4 Å². The van der Waals surface area contributed by atoms with E-state index in [1.807, 2.05) is 6.07 Å². The number of piperazine rings is 1. The Morgan fingerprint density at radius 2 is 2.21 bits per heavy atom. The maximum Gasteiger partial charge on any atom is 0.169 e. The van der Waals surface area contributed by atoms with Crippen LogP contribution in [0.3, 0.4) is 0 Å². The van der Waals surface area contributed by atoms with Crippen molar-refractivity contribution in [2.24, 2.45) is 0 Å². The number of nitrogens with one attached hydrogen (secondary N) is 2. The molecule has 0 unspecified atom stereocenters. The summed E-state index contributed by atoms with van der Waals surface area (Å²) in [6.45, 7) is 8.59. The molecule has 0 aliphatic carbocycles. The summed E-state index contributed by atoms with van der Waals surface area (Å²) in [6, 6.07) is 4.13. The van der Waals surface area contributed by atoms with Crippen LogP contribution in [0.4, 0.5) is 0 Å². The van der Waals surface area contributed by atoms with Crippen molar-refractivity contribution < 1.29 is 4.90 Å². The van der Waals surface area contributed by atoms with Crippen LogP contribution in [-0.4, -0.2) is 42.7 Å². The minimum Gasteiger partial charge on any atom is -0.363 e. The van der Waals surface area contributed by atoms with Crippen molar-refractivity contribution >= 4 is 40.3 Å². The van der Waals surface area contributed by atoms with Crippen molar-refractivity contribution in [3.8, 4) is 0 Å². The minimum atomic E-state index is 0.887. The Kier molecular flexibility index (Phi) is 5.88. The van der Waals surface area contributed by atoms with Gasteiger partial charge in [0.2, 0.25) is 0 Å². The largest absolute Gasteiger partial charge is 0.363 e. The molecule has 0 spiro atoms. The van der Waals surface area contributed by atoms with E-state index >= 15 is 0 Å². The molecular weight excluding hydrogens is 298 g/mol. The predicted molar refractivity (Wildman–Crippen MR) is 86.2 cm³/mol. The fourth-order valence-electron chi connectivity index (χ4n) is 2.24. The minimum absolute atomic E-state index is 0.887. The molecule has 2 rings (SSSR count). The Balaban J connectivity index is 1.74. The van der Waals surface area contributed by atoms with Gasteiger partial charge >= 0.3 is 0 Å². The standard InChI is InChI=1S/C13H20ClN3S2/c1-2-5-15-13(18)17-8-6-16(7-9-17)10-11-3-4-12(14)19-11/h3-4H,2,5-10H2,1H3,(H,15,18)/p+1. The third-order valence-corrected chi connectivity index (χ3v) is 4.97. The van der Waals surface area contributed by atoms with Gasteiger partial charge in [0.1, 0.15) is 6.54 Å². The number of nitrogens with zero attached hydrogens (tertiary/aromatic N) is 1. The lowest BCUT2D eigenvalue weighted by molar-refractivity contribution is -0.917. The third kappa shape index (κ3) is 4.60. The van der Waals surface area contributed by atoms with Crippen LogP contribution in [0.15, 0.2) is 12.1 Å². The number of hydrogen-bond donors (Lipinski definition) is 2. The summed E-state index contributed by atoms with van der Waals surface area (Å²) < 4.78 is 0.887. The molecule has 0 bridgehead atoms. The normalized spacial score (nSPS) is 16.6. The summed E-state index contributed by atoms with van der Waals surface area (Å²) in [4.78, 5) is 5.28. The number of halogens is 1. The summed E-state index contributed by atoms with van der Waals surface area (Å²) in [6.07, 6.45) is 1.12. The molecule has 2 N–H and O–H groups in total. The van der Waals surface area contributed by atoms with E-state index in [4.69, 9.17) is 23.8 Å². The van der Waals surface area contributed by atoms with E-state index in [1.54, 1.807) is 16.2 Å². The van der Waals surface area contributed by atoms with Crippen LogP contribution < -0.4 is 10.2 Å². The average Bonchev–Trinajstić information content (AvgIpc) is 2.82. The molecule has 1 fully saturated rings. The Morgan fingerprint density at radius 1 is 1.47 bits per heavy atom. The van der Waals surface area contributed by atoms with Gasteiger partial charge in [0, 0.05) is 6.54 Å². The van der Waals surface area contributed by atoms with Gasteiger partial charge in [0.15, 0.2) is 5.11 Å². The molecule has 0 saturated carbocycles. The summed E-state index contributed by atoms with van der Waals surface area (Å²) in [7, 11) is 0.